The molecule has 2 aromatic rings. The van der Waals surface area contributed by atoms with Crippen molar-refractivity contribution < 1.29 is 4.74 Å². The van der Waals surface area contributed by atoms with Crippen LogP contribution in [0.15, 0.2) is 49.1 Å². The fourth-order valence-electron chi connectivity index (χ4n) is 2.27. The molecule has 94 valence electrons. The van der Waals surface area contributed by atoms with Gasteiger partial charge in [-0.05, 0) is 23.3 Å². The zero-order valence-electron chi connectivity index (χ0n) is 11.0. The Morgan fingerprint density at radius 2 is 1.72 bits per heavy atom. The summed E-state index contributed by atoms with van der Waals surface area (Å²) in [5.74, 6) is 0. The van der Waals surface area contributed by atoms with Crippen molar-refractivity contribution in [2.24, 2.45) is 0 Å². The first-order valence-corrected chi connectivity index (χ1v) is 5.99. The first-order chi connectivity index (χ1) is 8.66. The molecule has 3 nitrogen and oxygen atoms in total. The maximum absolute atomic E-state index is 5.69. The molecule has 0 N–H and O–H groups in total. The van der Waals surface area contributed by atoms with Gasteiger partial charge in [0.25, 0.3) is 0 Å². The monoisotopic (exact) mass is 242 g/mol. The quantitative estimate of drug-likeness (QED) is 0.826. The van der Waals surface area contributed by atoms with Crippen molar-refractivity contribution in [3.8, 4) is 0 Å². The molecule has 2 rings (SSSR count). The standard InChI is InChI=1S/C15H18N2O/c1-15(2,13-7-5-9-17-11-13)14(18-3)12-6-4-8-16-10-12/h4-11,14H,1-3H3/t14-/m1/s1. The molecule has 0 spiro atoms. The second-order valence-electron chi connectivity index (χ2n) is 4.87. The molecule has 0 unspecified atom stereocenters. The van der Waals surface area contributed by atoms with E-state index >= 15 is 0 Å². The highest BCUT2D eigenvalue weighted by molar-refractivity contribution is 5.27. The van der Waals surface area contributed by atoms with E-state index in [0.29, 0.717) is 0 Å². The van der Waals surface area contributed by atoms with E-state index in [-0.39, 0.29) is 11.5 Å². The first-order valence-electron chi connectivity index (χ1n) is 5.99. The smallest absolute Gasteiger partial charge is 0.0927 e. The van der Waals surface area contributed by atoms with E-state index in [1.54, 1.807) is 19.5 Å². The summed E-state index contributed by atoms with van der Waals surface area (Å²) in [6.07, 6.45) is 7.25. The van der Waals surface area contributed by atoms with E-state index in [0.717, 1.165) is 11.1 Å². The minimum Gasteiger partial charge on any atom is -0.376 e. The Bertz CT molecular complexity index is 482. The summed E-state index contributed by atoms with van der Waals surface area (Å²) >= 11 is 0. The molecule has 2 heterocycles. The third-order valence-corrected chi connectivity index (χ3v) is 3.28. The van der Waals surface area contributed by atoms with Crippen molar-refractivity contribution in [3.63, 3.8) is 0 Å². The van der Waals surface area contributed by atoms with Gasteiger partial charge in [-0.3, -0.25) is 9.97 Å². The van der Waals surface area contributed by atoms with Crippen molar-refractivity contribution in [1.82, 2.24) is 9.97 Å². The number of hydrogen-bond acceptors (Lipinski definition) is 3. The zero-order chi connectivity index (χ0) is 13.0. The Labute approximate surface area is 108 Å². The van der Waals surface area contributed by atoms with Gasteiger partial charge < -0.3 is 4.74 Å². The second kappa shape index (κ2) is 5.27. The van der Waals surface area contributed by atoms with Crippen LogP contribution in [0.3, 0.4) is 0 Å². The maximum Gasteiger partial charge on any atom is 0.0927 e. The van der Waals surface area contributed by atoms with E-state index in [2.05, 4.69) is 29.9 Å². The predicted molar refractivity (Wildman–Crippen MR) is 71.3 cm³/mol. The average Bonchev–Trinajstić information content (AvgIpc) is 2.41. The number of rotatable bonds is 4. The molecule has 2 aromatic heterocycles. The molecule has 0 bridgehead atoms. The third-order valence-electron chi connectivity index (χ3n) is 3.28. The van der Waals surface area contributed by atoms with E-state index < -0.39 is 0 Å². The van der Waals surface area contributed by atoms with E-state index in [9.17, 15) is 0 Å². The van der Waals surface area contributed by atoms with Crippen LogP contribution in [0.4, 0.5) is 0 Å². The van der Waals surface area contributed by atoms with Crippen LogP contribution in [0.5, 0.6) is 0 Å². The second-order valence-corrected chi connectivity index (χ2v) is 4.87. The highest BCUT2D eigenvalue weighted by Gasteiger charge is 2.33. The Morgan fingerprint density at radius 1 is 1.06 bits per heavy atom. The van der Waals surface area contributed by atoms with Gasteiger partial charge in [0.2, 0.25) is 0 Å². The molecule has 0 aliphatic carbocycles. The summed E-state index contributed by atoms with van der Waals surface area (Å²) in [4.78, 5) is 8.36. The van der Waals surface area contributed by atoms with Crippen LogP contribution in [-0.4, -0.2) is 17.1 Å². The van der Waals surface area contributed by atoms with Crippen molar-refractivity contribution in [1.29, 1.82) is 0 Å². The van der Waals surface area contributed by atoms with Crippen molar-refractivity contribution >= 4 is 0 Å². The van der Waals surface area contributed by atoms with E-state index in [4.69, 9.17) is 4.74 Å². The van der Waals surface area contributed by atoms with Gasteiger partial charge in [0, 0.05) is 37.3 Å². The van der Waals surface area contributed by atoms with Gasteiger partial charge in [0.05, 0.1) is 6.10 Å². The van der Waals surface area contributed by atoms with Crippen LogP contribution in [0.25, 0.3) is 0 Å². The van der Waals surface area contributed by atoms with Crippen molar-refractivity contribution in [2.75, 3.05) is 7.11 Å². The Kier molecular flexibility index (Phi) is 3.72. The molecule has 0 aliphatic rings. The number of nitrogens with zero attached hydrogens (tertiary/aromatic N) is 2. The molecule has 18 heavy (non-hydrogen) atoms. The predicted octanol–water partition coefficient (Wildman–Crippen LogP) is 3.14. The van der Waals surface area contributed by atoms with Gasteiger partial charge in [-0.1, -0.05) is 26.0 Å². The minimum absolute atomic E-state index is 0.0459. The van der Waals surface area contributed by atoms with Crippen molar-refractivity contribution in [3.05, 3.63) is 60.2 Å². The lowest BCUT2D eigenvalue weighted by Crippen LogP contribution is -2.28. The molecule has 0 aliphatic heterocycles. The van der Waals surface area contributed by atoms with Crippen molar-refractivity contribution in [2.45, 2.75) is 25.4 Å². The fraction of sp³-hybridized carbons (Fsp3) is 0.333. The van der Waals surface area contributed by atoms with Crippen LogP contribution in [0, 0.1) is 0 Å². The molecule has 1 atom stereocenters. The SMILES string of the molecule is CO[C@H](c1cccnc1)C(C)(C)c1cccnc1. The van der Waals surface area contributed by atoms with E-state index in [1.807, 2.05) is 30.6 Å². The van der Waals surface area contributed by atoms with E-state index in [1.165, 1.54) is 0 Å². The van der Waals surface area contributed by atoms with Gasteiger partial charge in [0.1, 0.15) is 0 Å². The Hall–Kier alpha value is -1.74. The van der Waals surface area contributed by atoms with Gasteiger partial charge in [-0.25, -0.2) is 0 Å². The molecular weight excluding hydrogens is 224 g/mol. The van der Waals surface area contributed by atoms with Crippen LogP contribution in [0.2, 0.25) is 0 Å². The molecule has 3 heteroatoms. The van der Waals surface area contributed by atoms with Crippen LogP contribution in [-0.2, 0) is 10.2 Å². The average molecular weight is 242 g/mol. The molecule has 0 saturated heterocycles. The molecule has 0 fully saturated rings. The molecule has 0 aromatic carbocycles. The number of hydrogen-bond donors (Lipinski definition) is 0. The first kappa shape index (κ1) is 12.7. The summed E-state index contributed by atoms with van der Waals surface area (Å²) in [7, 11) is 1.73. The summed E-state index contributed by atoms with van der Waals surface area (Å²) < 4.78 is 5.69. The topological polar surface area (TPSA) is 35.0 Å². The summed E-state index contributed by atoms with van der Waals surface area (Å²) in [5.41, 5.74) is 2.07. The molecular formula is C15H18N2O. The lowest BCUT2D eigenvalue weighted by Gasteiger charge is -2.33. The van der Waals surface area contributed by atoms with Crippen LogP contribution < -0.4 is 0 Å². The van der Waals surface area contributed by atoms with Gasteiger partial charge in [-0.15, -0.1) is 0 Å². The number of methoxy groups -OCH3 is 1. The summed E-state index contributed by atoms with van der Waals surface area (Å²) in [5, 5.41) is 0. The Balaban J connectivity index is 2.38. The summed E-state index contributed by atoms with van der Waals surface area (Å²) in [6.45, 7) is 4.32. The number of ether oxygens (including phenoxy) is 1. The van der Waals surface area contributed by atoms with Gasteiger partial charge >= 0.3 is 0 Å². The number of aromatic nitrogens is 2. The summed E-state index contributed by atoms with van der Waals surface area (Å²) in [6, 6.07) is 8.00. The molecule has 0 saturated carbocycles. The lowest BCUT2D eigenvalue weighted by atomic mass is 9.77. The molecule has 0 amide bonds. The lowest BCUT2D eigenvalue weighted by molar-refractivity contribution is 0.0444. The van der Waals surface area contributed by atoms with Crippen LogP contribution >= 0.6 is 0 Å². The molecule has 0 radical (unpaired) electrons. The van der Waals surface area contributed by atoms with Gasteiger partial charge in [-0.2, -0.15) is 0 Å². The third kappa shape index (κ3) is 2.41. The fourth-order valence-corrected chi connectivity index (χ4v) is 2.27. The largest absolute Gasteiger partial charge is 0.376 e. The zero-order valence-corrected chi connectivity index (χ0v) is 11.0. The normalized spacial score (nSPS) is 13.3. The Morgan fingerprint density at radius 3 is 2.22 bits per heavy atom. The van der Waals surface area contributed by atoms with Gasteiger partial charge in [0.15, 0.2) is 0 Å². The highest BCUT2D eigenvalue weighted by Crippen LogP contribution is 2.38. The number of pyridine rings is 2. The highest BCUT2D eigenvalue weighted by atomic mass is 16.5. The minimum atomic E-state index is -0.161. The van der Waals surface area contributed by atoms with Crippen LogP contribution in [0.1, 0.15) is 31.1 Å². The maximum atomic E-state index is 5.69.